The molecule has 24 heteroatoms. The third kappa shape index (κ3) is 12.2. The van der Waals surface area contributed by atoms with E-state index in [0.717, 1.165) is 52.8 Å². The first-order valence-electron chi connectivity index (χ1n) is 23.6. The van der Waals surface area contributed by atoms with Crippen molar-refractivity contribution in [3.05, 3.63) is 100 Å². The average Bonchev–Trinajstić information content (AvgIpc) is 3.83. The smallest absolute Gasteiger partial charge is 0.387 e. The number of imidazole rings is 1. The zero-order chi connectivity index (χ0) is 52.3. The van der Waals surface area contributed by atoms with E-state index in [1.807, 2.05) is 52.5 Å². The van der Waals surface area contributed by atoms with E-state index in [9.17, 15) is 43.4 Å². The molecule has 9 N–H and O–H groups in total. The summed E-state index contributed by atoms with van der Waals surface area (Å²) in [5.74, 6) is -0.185. The third-order valence-electron chi connectivity index (χ3n) is 13.0. The normalized spacial score (nSPS) is 19.5. The molecule has 0 bridgehead atoms. The first-order valence-corrected chi connectivity index (χ1v) is 26.7. The summed E-state index contributed by atoms with van der Waals surface area (Å²) in [5, 5.41) is 17.0. The summed E-state index contributed by atoms with van der Waals surface area (Å²) < 4.78 is 41.9. The number of carbonyl (C=O) groups is 2. The Morgan fingerprint density at radius 3 is 2.36 bits per heavy atom. The van der Waals surface area contributed by atoms with Crippen LogP contribution in [-0.2, 0) is 33.1 Å². The Hall–Kier alpha value is -5.64. The lowest BCUT2D eigenvalue weighted by atomic mass is 9.64. The molecule has 72 heavy (non-hydrogen) atoms. The third-order valence-corrected chi connectivity index (χ3v) is 14.0. The number of hydrogen-bond acceptors (Lipinski definition) is 14. The van der Waals surface area contributed by atoms with Crippen molar-refractivity contribution in [3.63, 3.8) is 0 Å². The molecule has 2 aromatic heterocycles. The topological polar surface area (TPSA) is 300 Å². The summed E-state index contributed by atoms with van der Waals surface area (Å²) in [5.41, 5.74) is 15.1. The molecule has 7 rings (SSSR count). The number of aliphatic hydroxyl groups excluding tert-OH is 1. The molecule has 4 atom stereocenters. The van der Waals surface area contributed by atoms with Gasteiger partial charge in [-0.2, -0.15) is 0 Å². The number of nitrogen functional groups attached to an aromatic ring is 1. The highest BCUT2D eigenvalue weighted by atomic mass is 31.2. The molecule has 4 aromatic rings. The predicted molar refractivity (Wildman–Crippen MR) is 271 cm³/mol. The van der Waals surface area contributed by atoms with E-state index in [1.54, 1.807) is 11.9 Å². The predicted octanol–water partition coefficient (Wildman–Crippen LogP) is 4.26. The number of hydrogen-bond donors (Lipinski definition) is 8. The molecule has 0 saturated carbocycles. The van der Waals surface area contributed by atoms with Gasteiger partial charge in [0.25, 0.3) is 5.91 Å². The highest BCUT2D eigenvalue weighted by Crippen LogP contribution is 2.51. The minimum absolute atomic E-state index is 0.0208. The number of rotatable bonds is 21. The van der Waals surface area contributed by atoms with Crippen molar-refractivity contribution in [2.24, 2.45) is 0 Å². The summed E-state index contributed by atoms with van der Waals surface area (Å²) >= 11 is 0. The van der Waals surface area contributed by atoms with Crippen LogP contribution in [-0.4, -0.2) is 151 Å². The molecule has 1 fully saturated rings. The van der Waals surface area contributed by atoms with Crippen molar-refractivity contribution in [3.8, 4) is 0 Å². The quantitative estimate of drug-likeness (QED) is 0.0328. The second-order valence-electron chi connectivity index (χ2n) is 19.0. The van der Waals surface area contributed by atoms with Crippen LogP contribution in [0.1, 0.15) is 85.6 Å². The number of fused-ring (bicyclic) bond motifs is 3. The van der Waals surface area contributed by atoms with Crippen LogP contribution in [0.15, 0.2) is 78.2 Å². The van der Waals surface area contributed by atoms with Crippen molar-refractivity contribution in [1.82, 2.24) is 29.7 Å². The molecule has 388 valence electrons. The van der Waals surface area contributed by atoms with Crippen molar-refractivity contribution >= 4 is 67.4 Å². The molecule has 2 amide bonds. The number of unbranched alkanes of at least 4 members (excludes halogenated alkanes) is 3. The molecule has 1 aliphatic heterocycles. The molecule has 2 aromatic carbocycles. The fourth-order valence-corrected chi connectivity index (χ4v) is 10.1. The largest absolute Gasteiger partial charge is 0.470 e. The average molecular weight is 1040 g/mol. The van der Waals surface area contributed by atoms with Gasteiger partial charge in [0, 0.05) is 76.0 Å². The minimum Gasteiger partial charge on any atom is -0.387 e. The summed E-state index contributed by atoms with van der Waals surface area (Å²) in [7, 11) is -0.345. The molecule has 0 spiro atoms. The number of aromatic nitrogens is 4. The molecular formula is C48H65N10O12P2+. The maximum atomic E-state index is 14.3. The van der Waals surface area contributed by atoms with Gasteiger partial charge in [-0.15, -0.1) is 0 Å². The van der Waals surface area contributed by atoms with Crippen molar-refractivity contribution in [2.75, 3.05) is 77.4 Å². The van der Waals surface area contributed by atoms with Crippen molar-refractivity contribution < 1.29 is 61.8 Å². The number of benzene rings is 2. The monoisotopic (exact) mass is 1040 g/mol. The van der Waals surface area contributed by atoms with E-state index >= 15 is 0 Å². The van der Waals surface area contributed by atoms with E-state index in [2.05, 4.69) is 89.9 Å². The van der Waals surface area contributed by atoms with E-state index in [0.29, 0.717) is 44.5 Å². The highest BCUT2D eigenvalue weighted by molar-refractivity contribution is 7.46. The molecule has 1 saturated heterocycles. The Kier molecular flexibility index (Phi) is 16.7. The van der Waals surface area contributed by atoms with E-state index < -0.39 is 46.8 Å². The second kappa shape index (κ2) is 22.2. The van der Waals surface area contributed by atoms with Gasteiger partial charge < -0.3 is 55.6 Å². The Morgan fingerprint density at radius 1 is 0.944 bits per heavy atom. The van der Waals surface area contributed by atoms with Crippen LogP contribution in [0.3, 0.4) is 0 Å². The Balaban J connectivity index is 0.913. The lowest BCUT2D eigenvalue weighted by Crippen LogP contribution is -2.35. The summed E-state index contributed by atoms with van der Waals surface area (Å²) in [6.45, 7) is 4.86. The molecule has 0 unspecified atom stereocenters. The zero-order valence-electron chi connectivity index (χ0n) is 41.4. The minimum atomic E-state index is -5.24. The van der Waals surface area contributed by atoms with Crippen LogP contribution in [0.5, 0.6) is 0 Å². The molecule has 3 heterocycles. The number of aliphatic hydroxyl groups is 1. The second-order valence-corrected chi connectivity index (χ2v) is 21.4. The van der Waals surface area contributed by atoms with Crippen LogP contribution in [0.2, 0.25) is 0 Å². The van der Waals surface area contributed by atoms with Gasteiger partial charge in [-0.05, 0) is 76.9 Å². The molecule has 0 radical (unpaired) electrons. The van der Waals surface area contributed by atoms with Gasteiger partial charge in [-0.25, -0.2) is 28.7 Å². The number of ether oxygens (including phenoxy) is 1. The van der Waals surface area contributed by atoms with Gasteiger partial charge in [0.2, 0.25) is 11.9 Å². The number of amides is 2. The van der Waals surface area contributed by atoms with Gasteiger partial charge in [-0.1, -0.05) is 51.0 Å². The summed E-state index contributed by atoms with van der Waals surface area (Å²) in [4.78, 5) is 81.3. The number of anilines is 3. The number of nitrogens with two attached hydrogens (primary N) is 1. The number of nitrogens with one attached hydrogen (secondary N) is 2. The highest BCUT2D eigenvalue weighted by Gasteiger charge is 2.50. The Labute approximate surface area is 417 Å². The van der Waals surface area contributed by atoms with Crippen LogP contribution in [0, 0.1) is 0 Å². The standard InChI is InChI=1S/C48H64N10O12P2/c1-48(2)35-25-29(55(3)4)18-20-33(35)39(34-21-19-30(56(5)6)26-36(34)48)31-15-10-11-16-32(31)45(61)57(7)24-14-17-38(59)50-22-12-8-9-13-23-51-47-54-40-43(49)52-28-53-44(40)58(47)46-42(70-72(65,66)67)41(60)37(69-46)27-68-71(62,63)64/h10-11,15-16,18-21,25-26,28,37,41-42,46,49,60H,8-9,12-14,17,22-24,27H2,1-7H3,(H6,50,59,61,62,63,64,65,66,67)/p+1/t37-,41-,42-,46-/m1/s1. The van der Waals surface area contributed by atoms with Crippen LogP contribution in [0.25, 0.3) is 16.7 Å². The van der Waals surface area contributed by atoms with Crippen LogP contribution >= 0.6 is 15.6 Å². The van der Waals surface area contributed by atoms with Crippen molar-refractivity contribution in [1.29, 1.82) is 0 Å². The van der Waals surface area contributed by atoms with Crippen LogP contribution in [0.4, 0.5) is 17.5 Å². The number of nitrogens with zero attached hydrogens (tertiary/aromatic N) is 7. The SMILES string of the molecule is CN(CCCC(=O)NCCCCCCNc1nc2c(N)ncnc2n1[C@@H]1O[C@H](COP(=O)(O)O)[C@@H](O)[C@H]1OP(=O)(O)O)C(=O)c1ccccc1C1=C2C=CC(=[N+](C)C)C=C2C(C)(C)c2cc(N(C)C)ccc21. The first kappa shape index (κ1) is 54.1. The van der Waals surface area contributed by atoms with Gasteiger partial charge in [0.05, 0.1) is 6.61 Å². The fourth-order valence-electron chi connectivity index (χ4n) is 9.26. The summed E-state index contributed by atoms with van der Waals surface area (Å²) in [6, 6.07) is 14.3. The maximum absolute atomic E-state index is 14.3. The van der Waals surface area contributed by atoms with Gasteiger partial charge in [-0.3, -0.25) is 23.2 Å². The van der Waals surface area contributed by atoms with E-state index in [-0.39, 0.29) is 46.6 Å². The number of phosphoric ester groups is 2. The number of carbonyl (C=O) groups excluding carboxylic acids is 2. The molecule has 22 nitrogen and oxygen atoms in total. The Bertz CT molecular complexity index is 2920. The first-order chi connectivity index (χ1) is 34.0. The summed E-state index contributed by atoms with van der Waals surface area (Å²) in [6.07, 6.45) is 4.65. The van der Waals surface area contributed by atoms with Gasteiger partial charge in [0.1, 0.15) is 38.7 Å². The van der Waals surface area contributed by atoms with Gasteiger partial charge in [0.15, 0.2) is 28.9 Å². The van der Waals surface area contributed by atoms with E-state index in [4.69, 9.17) is 15.0 Å². The van der Waals surface area contributed by atoms with Crippen LogP contribution < -0.4 is 21.3 Å². The molecule has 2 aliphatic carbocycles. The molecule has 3 aliphatic rings. The number of allylic oxidation sites excluding steroid dienone is 5. The molecular weight excluding hydrogens is 971 g/mol. The zero-order valence-corrected chi connectivity index (χ0v) is 43.2. The van der Waals surface area contributed by atoms with Gasteiger partial charge >= 0.3 is 15.6 Å². The lowest BCUT2D eigenvalue weighted by molar-refractivity contribution is -0.462. The van der Waals surface area contributed by atoms with Crippen molar-refractivity contribution in [2.45, 2.75) is 82.3 Å². The fraction of sp³-hybridized carbons (Fsp3) is 0.458. The lowest BCUT2D eigenvalue weighted by Gasteiger charge is -2.39. The van der Waals surface area contributed by atoms with E-state index in [1.165, 1.54) is 15.7 Å². The Morgan fingerprint density at radius 2 is 1.67 bits per heavy atom. The maximum Gasteiger partial charge on any atom is 0.470 e. The number of phosphoric acid groups is 2.